The SMILES string of the molecule is O=C(NCCCN1CCCCC1)c1ccc2c(c1)C(=O)N(Cc1cccc(I)c1)C2. The second kappa shape index (κ2) is 9.92. The summed E-state index contributed by atoms with van der Waals surface area (Å²) in [7, 11) is 0. The van der Waals surface area contributed by atoms with E-state index in [1.807, 2.05) is 35.2 Å². The van der Waals surface area contributed by atoms with Crippen molar-refractivity contribution in [3.63, 3.8) is 0 Å². The fourth-order valence-corrected chi connectivity index (χ4v) is 4.88. The van der Waals surface area contributed by atoms with Crippen LogP contribution in [0.1, 0.15) is 57.5 Å². The zero-order valence-corrected chi connectivity index (χ0v) is 19.4. The number of fused-ring (bicyclic) bond motifs is 1. The Morgan fingerprint density at radius 1 is 1.07 bits per heavy atom. The number of hydrogen-bond acceptors (Lipinski definition) is 3. The second-order valence-corrected chi connectivity index (χ2v) is 9.42. The number of carbonyl (C=O) groups is 2. The van der Waals surface area contributed by atoms with Crippen LogP contribution >= 0.6 is 22.6 Å². The van der Waals surface area contributed by atoms with Crippen LogP contribution in [-0.4, -0.2) is 47.8 Å². The number of piperidine rings is 1. The van der Waals surface area contributed by atoms with E-state index in [9.17, 15) is 9.59 Å². The Morgan fingerprint density at radius 2 is 1.90 bits per heavy atom. The molecule has 2 aliphatic heterocycles. The molecular formula is C24H28IN3O2. The lowest BCUT2D eigenvalue weighted by molar-refractivity contribution is 0.0766. The molecule has 2 aliphatic rings. The highest BCUT2D eigenvalue weighted by Crippen LogP contribution is 2.26. The molecule has 1 N–H and O–H groups in total. The number of hydrogen-bond donors (Lipinski definition) is 1. The third-order valence-corrected chi connectivity index (χ3v) is 6.57. The summed E-state index contributed by atoms with van der Waals surface area (Å²) in [5, 5.41) is 3.01. The van der Waals surface area contributed by atoms with Crippen molar-refractivity contribution in [2.45, 2.75) is 38.8 Å². The Bertz CT molecular complexity index is 924. The minimum Gasteiger partial charge on any atom is -0.352 e. The predicted octanol–water partition coefficient (Wildman–Crippen LogP) is 4.05. The summed E-state index contributed by atoms with van der Waals surface area (Å²) in [5.41, 5.74) is 3.33. The lowest BCUT2D eigenvalue weighted by Gasteiger charge is -2.26. The van der Waals surface area contributed by atoms with E-state index in [4.69, 9.17) is 0 Å². The number of benzene rings is 2. The Kier molecular flexibility index (Phi) is 7.04. The van der Waals surface area contributed by atoms with Crippen molar-refractivity contribution in [2.24, 2.45) is 0 Å². The first-order valence-electron chi connectivity index (χ1n) is 10.8. The predicted molar refractivity (Wildman–Crippen MR) is 126 cm³/mol. The third-order valence-electron chi connectivity index (χ3n) is 5.90. The van der Waals surface area contributed by atoms with Gasteiger partial charge in [0.15, 0.2) is 0 Å². The molecule has 0 aromatic heterocycles. The average Bonchev–Trinajstić information content (AvgIpc) is 3.06. The van der Waals surface area contributed by atoms with E-state index in [0.29, 0.717) is 30.8 Å². The van der Waals surface area contributed by atoms with Gasteiger partial charge in [0.1, 0.15) is 0 Å². The molecule has 2 aromatic rings. The summed E-state index contributed by atoms with van der Waals surface area (Å²) in [6, 6.07) is 13.7. The van der Waals surface area contributed by atoms with Gasteiger partial charge in [-0.05, 0) is 96.9 Å². The molecule has 1 saturated heterocycles. The lowest BCUT2D eigenvalue weighted by Crippen LogP contribution is -2.33. The van der Waals surface area contributed by atoms with Crippen molar-refractivity contribution in [3.05, 3.63) is 68.3 Å². The normalized spacial score (nSPS) is 16.6. The molecular weight excluding hydrogens is 489 g/mol. The molecule has 0 radical (unpaired) electrons. The van der Waals surface area contributed by atoms with Gasteiger partial charge in [0.2, 0.25) is 0 Å². The molecule has 0 spiro atoms. The van der Waals surface area contributed by atoms with Gasteiger partial charge in [-0.2, -0.15) is 0 Å². The number of likely N-dealkylation sites (tertiary alicyclic amines) is 1. The van der Waals surface area contributed by atoms with E-state index in [1.165, 1.54) is 32.4 Å². The molecule has 0 aliphatic carbocycles. The average molecular weight is 517 g/mol. The van der Waals surface area contributed by atoms with E-state index < -0.39 is 0 Å². The summed E-state index contributed by atoms with van der Waals surface area (Å²) >= 11 is 2.28. The number of amides is 2. The second-order valence-electron chi connectivity index (χ2n) is 8.17. The molecule has 5 nitrogen and oxygen atoms in total. The smallest absolute Gasteiger partial charge is 0.254 e. The van der Waals surface area contributed by atoms with Gasteiger partial charge in [0.25, 0.3) is 11.8 Å². The molecule has 0 atom stereocenters. The van der Waals surface area contributed by atoms with Crippen molar-refractivity contribution in [1.82, 2.24) is 15.1 Å². The van der Waals surface area contributed by atoms with Crippen LogP contribution < -0.4 is 5.32 Å². The van der Waals surface area contributed by atoms with Crippen molar-refractivity contribution in [2.75, 3.05) is 26.2 Å². The van der Waals surface area contributed by atoms with Crippen LogP contribution in [0.15, 0.2) is 42.5 Å². The molecule has 1 fully saturated rings. The van der Waals surface area contributed by atoms with Crippen molar-refractivity contribution >= 4 is 34.4 Å². The molecule has 30 heavy (non-hydrogen) atoms. The van der Waals surface area contributed by atoms with E-state index in [0.717, 1.165) is 27.7 Å². The summed E-state index contributed by atoms with van der Waals surface area (Å²) < 4.78 is 1.16. The zero-order chi connectivity index (χ0) is 20.9. The molecule has 2 heterocycles. The Balaban J connectivity index is 1.31. The van der Waals surface area contributed by atoms with Gasteiger partial charge >= 0.3 is 0 Å². The molecule has 2 aromatic carbocycles. The van der Waals surface area contributed by atoms with Crippen LogP contribution in [0.3, 0.4) is 0 Å². The molecule has 2 amide bonds. The van der Waals surface area contributed by atoms with Crippen molar-refractivity contribution in [3.8, 4) is 0 Å². The highest BCUT2D eigenvalue weighted by molar-refractivity contribution is 14.1. The Morgan fingerprint density at radius 3 is 2.70 bits per heavy atom. The van der Waals surface area contributed by atoms with E-state index in [2.05, 4.69) is 38.9 Å². The summed E-state index contributed by atoms with van der Waals surface area (Å²) in [6.07, 6.45) is 4.87. The third kappa shape index (κ3) is 5.21. The summed E-state index contributed by atoms with van der Waals surface area (Å²) in [4.78, 5) is 29.8. The van der Waals surface area contributed by atoms with Gasteiger partial charge in [-0.3, -0.25) is 9.59 Å². The van der Waals surface area contributed by atoms with Crippen LogP contribution in [0.25, 0.3) is 0 Å². The molecule has 0 saturated carbocycles. The number of halogens is 1. The quantitative estimate of drug-likeness (QED) is 0.446. The van der Waals surface area contributed by atoms with Gasteiger partial charge in [-0.15, -0.1) is 0 Å². The van der Waals surface area contributed by atoms with Gasteiger partial charge in [0, 0.05) is 34.3 Å². The van der Waals surface area contributed by atoms with Crippen LogP contribution in [-0.2, 0) is 13.1 Å². The van der Waals surface area contributed by atoms with Gasteiger partial charge in [-0.25, -0.2) is 0 Å². The molecule has 0 unspecified atom stereocenters. The Hall–Kier alpha value is -1.93. The minimum atomic E-state index is -0.0969. The molecule has 4 rings (SSSR count). The van der Waals surface area contributed by atoms with Crippen LogP contribution in [0, 0.1) is 3.57 Å². The monoisotopic (exact) mass is 517 g/mol. The zero-order valence-electron chi connectivity index (χ0n) is 17.2. The number of nitrogens with one attached hydrogen (secondary N) is 1. The van der Waals surface area contributed by atoms with E-state index in [-0.39, 0.29) is 11.8 Å². The number of nitrogens with zero attached hydrogens (tertiary/aromatic N) is 2. The lowest BCUT2D eigenvalue weighted by atomic mass is 10.1. The highest BCUT2D eigenvalue weighted by atomic mass is 127. The van der Waals surface area contributed by atoms with Crippen LogP contribution in [0.2, 0.25) is 0 Å². The largest absolute Gasteiger partial charge is 0.352 e. The first-order valence-corrected chi connectivity index (χ1v) is 11.9. The maximum atomic E-state index is 12.9. The maximum Gasteiger partial charge on any atom is 0.254 e. The van der Waals surface area contributed by atoms with Crippen molar-refractivity contribution in [1.29, 1.82) is 0 Å². The maximum absolute atomic E-state index is 12.9. The molecule has 0 bridgehead atoms. The Labute approximate surface area is 192 Å². The summed E-state index contributed by atoms with van der Waals surface area (Å²) in [5.74, 6) is -0.0936. The fraction of sp³-hybridized carbons (Fsp3) is 0.417. The van der Waals surface area contributed by atoms with E-state index >= 15 is 0 Å². The first kappa shape index (κ1) is 21.3. The first-order chi connectivity index (χ1) is 14.6. The van der Waals surface area contributed by atoms with Gasteiger partial charge < -0.3 is 15.1 Å². The highest BCUT2D eigenvalue weighted by Gasteiger charge is 2.28. The van der Waals surface area contributed by atoms with Gasteiger partial charge in [0.05, 0.1) is 0 Å². The molecule has 6 heteroatoms. The number of carbonyl (C=O) groups excluding carboxylic acids is 2. The minimum absolute atomic E-state index is 0.00334. The molecule has 158 valence electrons. The number of rotatable bonds is 7. The standard InChI is InChI=1S/C24H28IN3O2/c25-21-7-4-6-18(14-21)16-28-17-20-9-8-19(15-22(20)24(28)30)23(29)26-10-5-13-27-11-2-1-3-12-27/h4,6-9,14-15H,1-3,5,10-13,16-17H2,(H,26,29). The topological polar surface area (TPSA) is 52.7 Å². The summed E-state index contributed by atoms with van der Waals surface area (Å²) in [6.45, 7) is 5.24. The van der Waals surface area contributed by atoms with Crippen LogP contribution in [0.5, 0.6) is 0 Å². The fourth-order valence-electron chi connectivity index (χ4n) is 4.28. The van der Waals surface area contributed by atoms with Crippen molar-refractivity contribution < 1.29 is 9.59 Å². The van der Waals surface area contributed by atoms with Gasteiger partial charge in [-0.1, -0.05) is 24.6 Å². The van der Waals surface area contributed by atoms with E-state index in [1.54, 1.807) is 6.07 Å². The van der Waals surface area contributed by atoms with Crippen LogP contribution in [0.4, 0.5) is 0 Å².